The summed E-state index contributed by atoms with van der Waals surface area (Å²) in [7, 11) is 0. The summed E-state index contributed by atoms with van der Waals surface area (Å²) in [6, 6.07) is 19.7. The Kier molecular flexibility index (Phi) is 7.34. The lowest BCUT2D eigenvalue weighted by molar-refractivity contribution is -0.148. The van der Waals surface area contributed by atoms with Crippen LogP contribution in [-0.2, 0) is 28.8 Å². The molecule has 5 heteroatoms. The van der Waals surface area contributed by atoms with Gasteiger partial charge in [-0.2, -0.15) is 0 Å². The molecule has 3 aromatic rings. The Morgan fingerprint density at radius 1 is 0.966 bits per heavy atom. The van der Waals surface area contributed by atoms with Gasteiger partial charge in [-0.05, 0) is 37.8 Å². The van der Waals surface area contributed by atoms with Gasteiger partial charge in [0.15, 0.2) is 0 Å². The number of aryl methyl sites for hydroxylation is 2. The van der Waals surface area contributed by atoms with Gasteiger partial charge in [0.05, 0.1) is 6.10 Å². The maximum Gasteiger partial charge on any atom is 0.329 e. The molecule has 0 aliphatic rings. The van der Waals surface area contributed by atoms with Gasteiger partial charge >= 0.3 is 5.97 Å². The number of nitrogens with zero attached hydrogens (tertiary/aromatic N) is 2. The van der Waals surface area contributed by atoms with Gasteiger partial charge < -0.3 is 10.1 Å². The van der Waals surface area contributed by atoms with Crippen LogP contribution in [0.3, 0.4) is 0 Å². The van der Waals surface area contributed by atoms with Crippen LogP contribution in [0.25, 0.3) is 0 Å². The van der Waals surface area contributed by atoms with E-state index in [1.54, 1.807) is 0 Å². The predicted molar refractivity (Wildman–Crippen MR) is 115 cm³/mol. The maximum absolute atomic E-state index is 12.7. The Hall–Kier alpha value is -3.21. The van der Waals surface area contributed by atoms with Gasteiger partial charge in [-0.1, -0.05) is 60.7 Å². The van der Waals surface area contributed by atoms with Gasteiger partial charge in [-0.15, -0.1) is 0 Å². The second-order valence-corrected chi connectivity index (χ2v) is 7.25. The summed E-state index contributed by atoms with van der Waals surface area (Å²) in [5, 5.41) is 3.31. The minimum absolute atomic E-state index is 0.175. The molecule has 5 nitrogen and oxygen atoms in total. The number of nitrogens with one attached hydrogen (secondary N) is 1. The molecular formula is C24H27N3O2. The first-order chi connectivity index (χ1) is 14.1. The molecule has 1 heterocycles. The zero-order chi connectivity index (χ0) is 20.5. The van der Waals surface area contributed by atoms with Gasteiger partial charge in [0.1, 0.15) is 18.2 Å². The van der Waals surface area contributed by atoms with Crippen LogP contribution in [0.5, 0.6) is 0 Å². The predicted octanol–water partition coefficient (Wildman–Crippen LogP) is 4.24. The lowest BCUT2D eigenvalue weighted by Crippen LogP contribution is -2.35. The fourth-order valence-electron chi connectivity index (χ4n) is 3.12. The Morgan fingerprint density at radius 3 is 2.28 bits per heavy atom. The van der Waals surface area contributed by atoms with Crippen LogP contribution in [0.4, 0.5) is 5.82 Å². The number of rotatable bonds is 9. The van der Waals surface area contributed by atoms with Crippen molar-refractivity contribution < 1.29 is 9.53 Å². The highest BCUT2D eigenvalue weighted by molar-refractivity contribution is 5.79. The summed E-state index contributed by atoms with van der Waals surface area (Å²) in [6.07, 6.45) is 5.32. The zero-order valence-corrected chi connectivity index (χ0v) is 16.9. The van der Waals surface area contributed by atoms with Gasteiger partial charge in [-0.3, -0.25) is 0 Å². The third-order valence-electron chi connectivity index (χ3n) is 4.54. The molecule has 150 valence electrons. The van der Waals surface area contributed by atoms with Crippen LogP contribution < -0.4 is 5.32 Å². The normalized spacial score (nSPS) is 11.8. The van der Waals surface area contributed by atoms with Gasteiger partial charge in [0.25, 0.3) is 0 Å². The summed E-state index contributed by atoms with van der Waals surface area (Å²) in [5.41, 5.74) is 3.29. The fraction of sp³-hybridized carbons (Fsp3) is 0.292. The molecule has 0 amide bonds. The summed E-state index contributed by atoms with van der Waals surface area (Å²) in [6.45, 7) is 3.71. The van der Waals surface area contributed by atoms with Crippen LogP contribution in [0, 0.1) is 0 Å². The second kappa shape index (κ2) is 10.4. The number of hydrogen-bond donors (Lipinski definition) is 1. The third-order valence-corrected chi connectivity index (χ3v) is 4.54. The van der Waals surface area contributed by atoms with E-state index in [0.29, 0.717) is 12.2 Å². The smallest absolute Gasteiger partial charge is 0.329 e. The first kappa shape index (κ1) is 20.5. The molecule has 1 unspecified atom stereocenters. The van der Waals surface area contributed by atoms with E-state index in [0.717, 1.165) is 24.0 Å². The zero-order valence-electron chi connectivity index (χ0n) is 16.9. The van der Waals surface area contributed by atoms with Crippen LogP contribution >= 0.6 is 0 Å². The third kappa shape index (κ3) is 6.42. The summed E-state index contributed by atoms with van der Waals surface area (Å²) in [4.78, 5) is 21.3. The number of anilines is 1. The lowest BCUT2D eigenvalue weighted by atomic mass is 10.0. The quantitative estimate of drug-likeness (QED) is 0.555. The Labute approximate surface area is 172 Å². The summed E-state index contributed by atoms with van der Waals surface area (Å²) >= 11 is 0. The number of aromatic nitrogens is 2. The van der Waals surface area contributed by atoms with Crippen molar-refractivity contribution in [1.29, 1.82) is 0 Å². The Balaban J connectivity index is 1.76. The number of carbonyl (C=O) groups excluding carboxylic acids is 1. The number of hydrogen-bond acceptors (Lipinski definition) is 5. The van der Waals surface area contributed by atoms with E-state index >= 15 is 0 Å². The lowest BCUT2D eigenvalue weighted by Gasteiger charge is -2.21. The van der Waals surface area contributed by atoms with E-state index in [1.807, 2.05) is 68.6 Å². The minimum Gasteiger partial charge on any atom is -0.461 e. The highest BCUT2D eigenvalue weighted by atomic mass is 16.5. The minimum atomic E-state index is -0.523. The van der Waals surface area contributed by atoms with Crippen molar-refractivity contribution in [2.75, 3.05) is 5.32 Å². The molecule has 0 saturated carbocycles. The van der Waals surface area contributed by atoms with E-state index in [2.05, 4.69) is 27.4 Å². The van der Waals surface area contributed by atoms with E-state index in [9.17, 15) is 4.79 Å². The largest absolute Gasteiger partial charge is 0.461 e. The van der Waals surface area contributed by atoms with Crippen molar-refractivity contribution >= 4 is 11.8 Å². The molecule has 1 atom stereocenters. The van der Waals surface area contributed by atoms with E-state index < -0.39 is 6.04 Å². The molecule has 0 aliphatic carbocycles. The Morgan fingerprint density at radius 2 is 1.62 bits per heavy atom. The van der Waals surface area contributed by atoms with Crippen LogP contribution in [0.15, 0.2) is 73.2 Å². The topological polar surface area (TPSA) is 64.1 Å². The van der Waals surface area contributed by atoms with Crippen molar-refractivity contribution in [1.82, 2.24) is 9.97 Å². The van der Waals surface area contributed by atoms with Gasteiger partial charge in [0, 0.05) is 18.2 Å². The van der Waals surface area contributed by atoms with E-state index in [4.69, 9.17) is 4.74 Å². The molecule has 0 fully saturated rings. The SMILES string of the molecule is CC(C)OC(=O)C(Cc1ccccc1)Nc1ncncc1CCc1ccccc1. The van der Waals surface area contributed by atoms with Crippen molar-refractivity contribution in [3.05, 3.63) is 89.9 Å². The highest BCUT2D eigenvalue weighted by Gasteiger charge is 2.23. The molecule has 2 aromatic carbocycles. The average Bonchev–Trinajstić information content (AvgIpc) is 2.73. The first-order valence-corrected chi connectivity index (χ1v) is 9.95. The van der Waals surface area contributed by atoms with Gasteiger partial charge in [0.2, 0.25) is 0 Å². The van der Waals surface area contributed by atoms with Crippen molar-refractivity contribution in [3.8, 4) is 0 Å². The molecule has 29 heavy (non-hydrogen) atoms. The molecule has 0 radical (unpaired) electrons. The summed E-state index contributed by atoms with van der Waals surface area (Å²) < 4.78 is 5.48. The summed E-state index contributed by atoms with van der Waals surface area (Å²) in [5.74, 6) is 0.397. The molecule has 1 aromatic heterocycles. The van der Waals surface area contributed by atoms with Crippen LogP contribution in [0.2, 0.25) is 0 Å². The molecule has 0 bridgehead atoms. The molecule has 0 saturated heterocycles. The number of ether oxygens (including phenoxy) is 1. The molecule has 0 spiro atoms. The second-order valence-electron chi connectivity index (χ2n) is 7.25. The first-order valence-electron chi connectivity index (χ1n) is 9.95. The van der Waals surface area contributed by atoms with Crippen LogP contribution in [-0.4, -0.2) is 28.1 Å². The van der Waals surface area contributed by atoms with Crippen LogP contribution in [0.1, 0.15) is 30.5 Å². The van der Waals surface area contributed by atoms with Gasteiger partial charge in [-0.25, -0.2) is 14.8 Å². The Bertz CT molecular complexity index is 898. The maximum atomic E-state index is 12.7. The molecule has 1 N–H and O–H groups in total. The van der Waals surface area contributed by atoms with E-state index in [-0.39, 0.29) is 12.1 Å². The monoisotopic (exact) mass is 389 g/mol. The molecule has 3 rings (SSSR count). The molecular weight excluding hydrogens is 362 g/mol. The fourth-order valence-corrected chi connectivity index (χ4v) is 3.12. The number of esters is 1. The van der Waals surface area contributed by atoms with E-state index in [1.165, 1.54) is 11.9 Å². The average molecular weight is 389 g/mol. The van der Waals surface area contributed by atoms with Crippen molar-refractivity contribution in [3.63, 3.8) is 0 Å². The standard InChI is InChI=1S/C24H27N3O2/c1-18(2)29-24(28)22(15-20-11-7-4-8-12-20)27-23-21(16-25-17-26-23)14-13-19-9-5-3-6-10-19/h3-12,16-18,22H,13-15H2,1-2H3,(H,25,26,27). The number of benzene rings is 2. The van der Waals surface area contributed by atoms with Crippen molar-refractivity contribution in [2.45, 2.75) is 45.3 Å². The highest BCUT2D eigenvalue weighted by Crippen LogP contribution is 2.17. The van der Waals surface area contributed by atoms with Crippen molar-refractivity contribution in [2.24, 2.45) is 0 Å². The molecule has 0 aliphatic heterocycles. The number of carbonyl (C=O) groups is 1.